The second kappa shape index (κ2) is 6.81. The molecule has 2 unspecified atom stereocenters. The summed E-state index contributed by atoms with van der Waals surface area (Å²) in [7, 11) is 0. The minimum absolute atomic E-state index is 0.0195. The zero-order chi connectivity index (χ0) is 17.3. The number of rotatable bonds is 3. The van der Waals surface area contributed by atoms with Crippen LogP contribution in [0.4, 0.5) is 8.78 Å². The Balaban J connectivity index is 1.79. The lowest BCUT2D eigenvalue weighted by Crippen LogP contribution is -2.18. The van der Waals surface area contributed by atoms with Crippen molar-refractivity contribution in [3.05, 3.63) is 70.3 Å². The van der Waals surface area contributed by atoms with Crippen LogP contribution in [0.15, 0.2) is 36.4 Å². The summed E-state index contributed by atoms with van der Waals surface area (Å²) < 4.78 is 33.1. The topological polar surface area (TPSA) is 26.3 Å². The molecule has 0 amide bonds. The SMILES string of the molecule is Cc1c(F)cc(C(=O)c2ccc(C3CCC(C)CO3)cc2)cc1F. The smallest absolute Gasteiger partial charge is 0.193 e. The van der Waals surface area contributed by atoms with Gasteiger partial charge < -0.3 is 4.74 Å². The van der Waals surface area contributed by atoms with Gasteiger partial charge in [-0.1, -0.05) is 31.2 Å². The second-order valence-electron chi connectivity index (χ2n) is 6.52. The molecular formula is C20H20F2O2. The van der Waals surface area contributed by atoms with Gasteiger partial charge in [-0.2, -0.15) is 0 Å². The van der Waals surface area contributed by atoms with Crippen LogP contribution in [-0.4, -0.2) is 12.4 Å². The van der Waals surface area contributed by atoms with E-state index in [1.165, 1.54) is 6.92 Å². The molecule has 1 heterocycles. The standard InChI is InChI=1S/C20H20F2O2/c1-12-3-8-19(24-11-12)14-4-6-15(7-5-14)20(23)16-9-17(21)13(2)18(22)10-16/h4-7,9-10,12,19H,3,8,11H2,1-2H3. The highest BCUT2D eigenvalue weighted by Crippen LogP contribution is 2.30. The van der Waals surface area contributed by atoms with E-state index in [9.17, 15) is 13.6 Å². The molecule has 2 atom stereocenters. The lowest BCUT2D eigenvalue weighted by atomic mass is 9.94. The Kier molecular flexibility index (Phi) is 4.76. The Hall–Kier alpha value is -2.07. The number of carbonyl (C=O) groups is 1. The zero-order valence-corrected chi connectivity index (χ0v) is 13.8. The van der Waals surface area contributed by atoms with Crippen molar-refractivity contribution in [3.63, 3.8) is 0 Å². The van der Waals surface area contributed by atoms with Gasteiger partial charge in [0.25, 0.3) is 0 Å². The van der Waals surface area contributed by atoms with Crippen molar-refractivity contribution in [1.82, 2.24) is 0 Å². The van der Waals surface area contributed by atoms with Crippen LogP contribution in [0.1, 0.15) is 52.9 Å². The predicted octanol–water partition coefficient (Wildman–Crippen LogP) is 4.99. The maximum atomic E-state index is 13.6. The van der Waals surface area contributed by atoms with Gasteiger partial charge in [-0.15, -0.1) is 0 Å². The largest absolute Gasteiger partial charge is 0.373 e. The molecule has 2 aromatic carbocycles. The van der Waals surface area contributed by atoms with Crippen molar-refractivity contribution in [2.45, 2.75) is 32.8 Å². The van der Waals surface area contributed by atoms with Crippen LogP contribution < -0.4 is 0 Å². The van der Waals surface area contributed by atoms with E-state index in [2.05, 4.69) is 6.92 Å². The fraction of sp³-hybridized carbons (Fsp3) is 0.350. The van der Waals surface area contributed by atoms with E-state index in [1.54, 1.807) is 12.1 Å². The van der Waals surface area contributed by atoms with Crippen LogP contribution in [0.2, 0.25) is 0 Å². The van der Waals surface area contributed by atoms with E-state index >= 15 is 0 Å². The molecular weight excluding hydrogens is 310 g/mol. The Morgan fingerprint density at radius 1 is 1.04 bits per heavy atom. The van der Waals surface area contributed by atoms with Crippen LogP contribution in [0.25, 0.3) is 0 Å². The number of ketones is 1. The summed E-state index contributed by atoms with van der Waals surface area (Å²) in [4.78, 5) is 12.4. The molecule has 126 valence electrons. The third kappa shape index (κ3) is 3.39. The third-order valence-corrected chi connectivity index (χ3v) is 4.59. The molecule has 1 fully saturated rings. The molecule has 2 aromatic rings. The maximum absolute atomic E-state index is 13.6. The number of hydrogen-bond donors (Lipinski definition) is 0. The Morgan fingerprint density at radius 2 is 1.67 bits per heavy atom. The molecule has 1 saturated heterocycles. The van der Waals surface area contributed by atoms with E-state index in [0.717, 1.165) is 37.1 Å². The van der Waals surface area contributed by atoms with E-state index in [0.29, 0.717) is 11.5 Å². The van der Waals surface area contributed by atoms with Crippen molar-refractivity contribution in [1.29, 1.82) is 0 Å². The van der Waals surface area contributed by atoms with Gasteiger partial charge in [0.1, 0.15) is 11.6 Å². The molecule has 0 aliphatic carbocycles. The van der Waals surface area contributed by atoms with Crippen LogP contribution in [0.5, 0.6) is 0 Å². The number of ether oxygens (including phenoxy) is 1. The van der Waals surface area contributed by atoms with Gasteiger partial charge in [-0.05, 0) is 43.4 Å². The van der Waals surface area contributed by atoms with Crippen LogP contribution in [0.3, 0.4) is 0 Å². The molecule has 0 saturated carbocycles. The van der Waals surface area contributed by atoms with E-state index in [4.69, 9.17) is 4.74 Å². The van der Waals surface area contributed by atoms with Gasteiger partial charge in [0.05, 0.1) is 6.10 Å². The molecule has 3 rings (SSSR count). The highest BCUT2D eigenvalue weighted by Gasteiger charge is 2.21. The van der Waals surface area contributed by atoms with Gasteiger partial charge >= 0.3 is 0 Å². The average molecular weight is 330 g/mol. The quantitative estimate of drug-likeness (QED) is 0.741. The lowest BCUT2D eigenvalue weighted by Gasteiger charge is -2.27. The van der Waals surface area contributed by atoms with Crippen molar-refractivity contribution in [2.24, 2.45) is 5.92 Å². The molecule has 0 N–H and O–H groups in total. The summed E-state index contributed by atoms with van der Waals surface area (Å²) in [6, 6.07) is 9.26. The fourth-order valence-electron chi connectivity index (χ4n) is 2.94. The van der Waals surface area contributed by atoms with Crippen LogP contribution >= 0.6 is 0 Å². The zero-order valence-electron chi connectivity index (χ0n) is 13.8. The number of carbonyl (C=O) groups excluding carboxylic acids is 1. The van der Waals surface area contributed by atoms with Gasteiger partial charge in [0.2, 0.25) is 0 Å². The van der Waals surface area contributed by atoms with Crippen molar-refractivity contribution >= 4 is 5.78 Å². The molecule has 0 radical (unpaired) electrons. The number of halogens is 2. The Morgan fingerprint density at radius 3 is 2.21 bits per heavy atom. The van der Waals surface area contributed by atoms with Crippen LogP contribution in [0, 0.1) is 24.5 Å². The summed E-state index contributed by atoms with van der Waals surface area (Å²) in [6.45, 7) is 4.25. The second-order valence-corrected chi connectivity index (χ2v) is 6.52. The number of hydrogen-bond acceptors (Lipinski definition) is 2. The molecule has 24 heavy (non-hydrogen) atoms. The first kappa shape index (κ1) is 16.8. The third-order valence-electron chi connectivity index (χ3n) is 4.59. The van der Waals surface area contributed by atoms with Crippen molar-refractivity contribution in [3.8, 4) is 0 Å². The molecule has 1 aliphatic rings. The predicted molar refractivity (Wildman–Crippen MR) is 88.1 cm³/mol. The first-order valence-electron chi connectivity index (χ1n) is 8.17. The lowest BCUT2D eigenvalue weighted by molar-refractivity contribution is -0.0123. The molecule has 1 aliphatic heterocycles. The van der Waals surface area contributed by atoms with Crippen LogP contribution in [-0.2, 0) is 4.74 Å². The van der Waals surface area contributed by atoms with E-state index in [1.807, 2.05) is 12.1 Å². The van der Waals surface area contributed by atoms with Gasteiger partial charge in [-0.25, -0.2) is 8.78 Å². The van der Waals surface area contributed by atoms with E-state index in [-0.39, 0.29) is 17.2 Å². The highest BCUT2D eigenvalue weighted by atomic mass is 19.1. The monoisotopic (exact) mass is 330 g/mol. The van der Waals surface area contributed by atoms with E-state index < -0.39 is 17.4 Å². The average Bonchev–Trinajstić information content (AvgIpc) is 2.59. The maximum Gasteiger partial charge on any atom is 0.193 e. The molecule has 0 bridgehead atoms. The van der Waals surface area contributed by atoms with Gasteiger partial charge in [0, 0.05) is 23.3 Å². The normalized spacial score (nSPS) is 20.8. The molecule has 2 nitrogen and oxygen atoms in total. The first-order chi connectivity index (χ1) is 11.5. The fourth-order valence-corrected chi connectivity index (χ4v) is 2.94. The van der Waals surface area contributed by atoms with Crippen molar-refractivity contribution < 1.29 is 18.3 Å². The molecule has 4 heteroatoms. The Labute approximate surface area is 140 Å². The first-order valence-corrected chi connectivity index (χ1v) is 8.17. The summed E-state index contributed by atoms with van der Waals surface area (Å²) in [6.07, 6.45) is 2.13. The molecule has 0 aromatic heterocycles. The number of benzene rings is 2. The summed E-state index contributed by atoms with van der Waals surface area (Å²) >= 11 is 0. The van der Waals surface area contributed by atoms with Crippen molar-refractivity contribution in [2.75, 3.05) is 6.61 Å². The highest BCUT2D eigenvalue weighted by molar-refractivity contribution is 6.09. The molecule has 0 spiro atoms. The minimum atomic E-state index is -0.709. The summed E-state index contributed by atoms with van der Waals surface area (Å²) in [5, 5.41) is 0. The Bertz CT molecular complexity index is 722. The minimum Gasteiger partial charge on any atom is -0.373 e. The van der Waals surface area contributed by atoms with Gasteiger partial charge in [0.15, 0.2) is 5.78 Å². The van der Waals surface area contributed by atoms with Gasteiger partial charge in [-0.3, -0.25) is 4.79 Å². The summed E-state index contributed by atoms with van der Waals surface area (Å²) in [5.41, 5.74) is 1.38. The summed E-state index contributed by atoms with van der Waals surface area (Å²) in [5.74, 6) is -1.23.